The predicted molar refractivity (Wildman–Crippen MR) is 42.9 cm³/mol. The first kappa shape index (κ1) is 14.5. The SMILES string of the molecule is C1=C[NH2+]C=C1.CC(=O)[O-].O=[P+](O)O. The lowest BCUT2D eigenvalue weighted by Crippen LogP contribution is -2.69. The van der Waals surface area contributed by atoms with Crippen molar-refractivity contribution in [3.05, 3.63) is 24.6 Å². The smallest absolute Gasteiger partial charge is 0.550 e. The molecule has 0 amide bonds. The molecule has 0 saturated carbocycles. The number of carboxylic acids is 1. The van der Waals surface area contributed by atoms with Gasteiger partial charge in [0.05, 0.1) is 12.4 Å². The van der Waals surface area contributed by atoms with Crippen molar-refractivity contribution in [3.63, 3.8) is 0 Å². The van der Waals surface area contributed by atoms with Crippen LogP contribution in [0.15, 0.2) is 24.6 Å². The summed E-state index contributed by atoms with van der Waals surface area (Å²) in [5.41, 5.74) is 0. The van der Waals surface area contributed by atoms with Gasteiger partial charge in [-0.15, -0.1) is 9.79 Å². The highest BCUT2D eigenvalue weighted by Crippen LogP contribution is 1.98. The van der Waals surface area contributed by atoms with Crippen LogP contribution in [-0.4, -0.2) is 15.8 Å². The quantitative estimate of drug-likeness (QED) is 0.397. The first-order valence-electron chi connectivity index (χ1n) is 3.16. The summed E-state index contributed by atoms with van der Waals surface area (Å²) in [5.74, 6) is -1.08. The molecule has 13 heavy (non-hydrogen) atoms. The number of rotatable bonds is 0. The van der Waals surface area contributed by atoms with Gasteiger partial charge in [-0.2, -0.15) is 0 Å². The van der Waals surface area contributed by atoms with Crippen LogP contribution in [0.25, 0.3) is 0 Å². The number of nitrogens with two attached hydrogens (primary N) is 1. The molecule has 0 spiro atoms. The molecule has 1 aliphatic heterocycles. The van der Waals surface area contributed by atoms with E-state index >= 15 is 0 Å². The average molecular weight is 208 g/mol. The molecule has 0 aromatic carbocycles. The number of quaternary nitrogens is 1. The maximum absolute atomic E-state index is 8.89. The van der Waals surface area contributed by atoms with Crippen molar-refractivity contribution in [2.45, 2.75) is 6.92 Å². The molecule has 0 aromatic heterocycles. The highest BCUT2D eigenvalue weighted by atomic mass is 31.1. The van der Waals surface area contributed by atoms with E-state index in [1.165, 1.54) is 0 Å². The van der Waals surface area contributed by atoms with Crippen molar-refractivity contribution in [2.24, 2.45) is 0 Å². The molecule has 1 heterocycles. The Morgan fingerprint density at radius 1 is 1.38 bits per heavy atom. The van der Waals surface area contributed by atoms with E-state index in [0.717, 1.165) is 6.92 Å². The van der Waals surface area contributed by atoms with E-state index < -0.39 is 14.2 Å². The van der Waals surface area contributed by atoms with Gasteiger partial charge in [0.2, 0.25) is 0 Å². The summed E-state index contributed by atoms with van der Waals surface area (Å²) in [6, 6.07) is 0. The minimum Gasteiger partial charge on any atom is -0.550 e. The molecule has 74 valence electrons. The molecular formula is C6H11NO5P+. The zero-order valence-corrected chi connectivity index (χ0v) is 7.85. The van der Waals surface area contributed by atoms with Crippen LogP contribution in [-0.2, 0) is 9.36 Å². The Morgan fingerprint density at radius 2 is 1.62 bits per heavy atom. The van der Waals surface area contributed by atoms with Gasteiger partial charge in [-0.3, -0.25) is 5.32 Å². The van der Waals surface area contributed by atoms with E-state index in [1.54, 1.807) is 0 Å². The largest absolute Gasteiger partial charge is 0.692 e. The fraction of sp³-hybridized carbons (Fsp3) is 0.167. The van der Waals surface area contributed by atoms with E-state index in [0.29, 0.717) is 0 Å². The third-order valence-corrected chi connectivity index (χ3v) is 0.556. The average Bonchev–Trinajstić information content (AvgIpc) is 2.35. The van der Waals surface area contributed by atoms with Crippen molar-refractivity contribution in [2.75, 3.05) is 0 Å². The van der Waals surface area contributed by atoms with Crippen LogP contribution in [0.4, 0.5) is 0 Å². The Hall–Kier alpha value is -1.07. The molecule has 1 rings (SSSR count). The fourth-order valence-electron chi connectivity index (χ4n) is 0.321. The van der Waals surface area contributed by atoms with Gasteiger partial charge in [0, 0.05) is 10.5 Å². The zero-order chi connectivity index (χ0) is 10.7. The van der Waals surface area contributed by atoms with Crippen molar-refractivity contribution in [3.8, 4) is 0 Å². The van der Waals surface area contributed by atoms with Crippen LogP contribution in [0.2, 0.25) is 0 Å². The first-order valence-corrected chi connectivity index (χ1v) is 4.32. The summed E-state index contributed by atoms with van der Waals surface area (Å²) >= 11 is 0. The molecule has 0 bridgehead atoms. The molecule has 0 aromatic rings. The van der Waals surface area contributed by atoms with Gasteiger partial charge in [0.25, 0.3) is 0 Å². The molecule has 0 radical (unpaired) electrons. The minimum atomic E-state index is -2.87. The molecular weight excluding hydrogens is 197 g/mol. The van der Waals surface area contributed by atoms with E-state index in [4.69, 9.17) is 24.3 Å². The highest BCUT2D eigenvalue weighted by molar-refractivity contribution is 7.30. The van der Waals surface area contributed by atoms with Crippen molar-refractivity contribution < 1.29 is 29.6 Å². The number of carbonyl (C=O) groups excluding carboxylic acids is 1. The van der Waals surface area contributed by atoms with Gasteiger partial charge in [-0.25, -0.2) is 0 Å². The Morgan fingerprint density at radius 3 is 1.69 bits per heavy atom. The Labute approximate surface area is 76.2 Å². The normalized spacial score (nSPS) is 10.7. The summed E-state index contributed by atoms with van der Waals surface area (Å²) in [7, 11) is -2.87. The summed E-state index contributed by atoms with van der Waals surface area (Å²) in [5, 5.41) is 10.9. The predicted octanol–water partition coefficient (Wildman–Crippen LogP) is -2.02. The second kappa shape index (κ2) is 10.9. The minimum absolute atomic E-state index is 0.972. The van der Waals surface area contributed by atoms with E-state index in [9.17, 15) is 0 Å². The van der Waals surface area contributed by atoms with E-state index in [2.05, 4.69) is 0 Å². The number of allylic oxidation sites excluding steroid dienone is 2. The molecule has 0 saturated heterocycles. The fourth-order valence-corrected chi connectivity index (χ4v) is 0.321. The van der Waals surface area contributed by atoms with Gasteiger partial charge in [0.15, 0.2) is 0 Å². The van der Waals surface area contributed by atoms with Crippen LogP contribution < -0.4 is 10.4 Å². The maximum Gasteiger partial charge on any atom is 0.692 e. The van der Waals surface area contributed by atoms with Gasteiger partial charge >= 0.3 is 8.25 Å². The molecule has 0 aliphatic carbocycles. The second-order valence-electron chi connectivity index (χ2n) is 1.71. The molecule has 0 unspecified atom stereocenters. The third kappa shape index (κ3) is 56.4. The lowest BCUT2D eigenvalue weighted by Gasteiger charge is -1.77. The van der Waals surface area contributed by atoms with Crippen LogP contribution in [0.1, 0.15) is 6.92 Å². The molecule has 0 fully saturated rings. The number of aliphatic carboxylic acids is 1. The highest BCUT2D eigenvalue weighted by Gasteiger charge is 1.93. The lowest BCUT2D eigenvalue weighted by atomic mass is 10.6. The van der Waals surface area contributed by atoms with Crippen LogP contribution >= 0.6 is 8.25 Å². The summed E-state index contributed by atoms with van der Waals surface area (Å²) in [6.07, 6.45) is 8.00. The molecule has 6 nitrogen and oxygen atoms in total. The molecule has 0 atom stereocenters. The number of carboxylic acid groups (broad SMARTS) is 1. The van der Waals surface area contributed by atoms with Gasteiger partial charge in [-0.05, 0) is 19.1 Å². The Kier molecular flexibility index (Phi) is 12.2. The maximum atomic E-state index is 8.89. The molecule has 1 aliphatic rings. The van der Waals surface area contributed by atoms with E-state index in [-0.39, 0.29) is 0 Å². The first-order chi connectivity index (χ1) is 5.96. The summed E-state index contributed by atoms with van der Waals surface area (Å²) < 4.78 is 8.70. The van der Waals surface area contributed by atoms with Crippen molar-refractivity contribution in [1.82, 2.24) is 0 Å². The second-order valence-corrected chi connectivity index (χ2v) is 2.21. The monoisotopic (exact) mass is 208 g/mol. The van der Waals surface area contributed by atoms with Gasteiger partial charge in [0.1, 0.15) is 0 Å². The zero-order valence-electron chi connectivity index (χ0n) is 6.95. The van der Waals surface area contributed by atoms with Crippen molar-refractivity contribution in [1.29, 1.82) is 0 Å². The Bertz CT molecular complexity index is 183. The number of hydrogen-bond acceptors (Lipinski definition) is 3. The van der Waals surface area contributed by atoms with E-state index in [1.807, 2.05) is 29.9 Å². The lowest BCUT2D eigenvalue weighted by molar-refractivity contribution is -0.510. The standard InChI is InChI=1S/C4H5N.C2H4O2.HO3P/c1-2-4-5-3-1;1-2(3)4;1-4(2)3/h1-5H;1H3,(H,3,4);(H-,1,2,3)/p+1. The number of carbonyl (C=O) groups is 1. The summed E-state index contributed by atoms with van der Waals surface area (Å²) in [4.78, 5) is 23.1. The van der Waals surface area contributed by atoms with Gasteiger partial charge in [-0.1, -0.05) is 0 Å². The van der Waals surface area contributed by atoms with Crippen LogP contribution in [0, 0.1) is 0 Å². The molecule has 7 heteroatoms. The van der Waals surface area contributed by atoms with Gasteiger partial charge < -0.3 is 9.90 Å². The van der Waals surface area contributed by atoms with Crippen molar-refractivity contribution >= 4 is 14.2 Å². The summed E-state index contributed by atoms with van der Waals surface area (Å²) in [6.45, 7) is 0.972. The Balaban J connectivity index is 0. The topological polar surface area (TPSA) is 114 Å². The molecule has 4 N–H and O–H groups in total. The number of hydrogen-bond donors (Lipinski definition) is 3. The third-order valence-electron chi connectivity index (χ3n) is 0.556. The van der Waals surface area contributed by atoms with Crippen LogP contribution in [0.3, 0.4) is 0 Å². The van der Waals surface area contributed by atoms with Crippen LogP contribution in [0.5, 0.6) is 0 Å².